The molecule has 4 heterocycles. The van der Waals surface area contributed by atoms with Crippen molar-refractivity contribution in [1.82, 2.24) is 19.4 Å². The van der Waals surface area contributed by atoms with Crippen LogP contribution < -0.4 is 20.4 Å². The fourth-order valence-corrected chi connectivity index (χ4v) is 5.56. The van der Waals surface area contributed by atoms with Gasteiger partial charge in [0, 0.05) is 49.7 Å². The number of anilines is 2. The average Bonchev–Trinajstić information content (AvgIpc) is 3.48. The second-order valence-electron chi connectivity index (χ2n) is 12.0. The summed E-state index contributed by atoms with van der Waals surface area (Å²) < 4.78 is 57.9. The second kappa shape index (κ2) is 13.4. The predicted molar refractivity (Wildman–Crippen MR) is 173 cm³/mol. The topological polar surface area (TPSA) is 132 Å². The average molecular weight is 691 g/mol. The number of methoxy groups -OCH3 is 1. The lowest BCUT2D eigenvalue weighted by atomic mass is 10.1. The number of amides is 2. The molecule has 12 nitrogen and oxygen atoms in total. The molecule has 4 aromatic rings. The molecule has 5 rings (SSSR count). The van der Waals surface area contributed by atoms with Gasteiger partial charge in [-0.2, -0.15) is 13.2 Å². The third-order valence-electron chi connectivity index (χ3n) is 7.53. The van der Waals surface area contributed by atoms with Crippen molar-refractivity contribution in [2.75, 3.05) is 43.5 Å². The molecule has 3 aromatic heterocycles. The Hall–Kier alpha value is -4.79. The molecule has 256 valence electrons. The van der Waals surface area contributed by atoms with E-state index in [0.717, 1.165) is 18.2 Å². The monoisotopic (exact) mass is 690 g/mol. The highest BCUT2D eigenvalue weighted by Gasteiger charge is 2.32. The summed E-state index contributed by atoms with van der Waals surface area (Å²) in [5.41, 5.74) is -0.873. The quantitative estimate of drug-likeness (QED) is 0.248. The number of rotatable bonds is 7. The number of nitrogens with one attached hydrogen (secondary N) is 1. The highest BCUT2D eigenvalue weighted by atomic mass is 35.5. The Morgan fingerprint density at radius 1 is 1.08 bits per heavy atom. The molecular formula is C32H34ClF3N6O6. The molecule has 1 aromatic carbocycles. The van der Waals surface area contributed by atoms with E-state index in [2.05, 4.69) is 15.3 Å². The molecule has 1 saturated heterocycles. The van der Waals surface area contributed by atoms with Gasteiger partial charge in [0.05, 0.1) is 23.4 Å². The van der Waals surface area contributed by atoms with Gasteiger partial charge in [0.1, 0.15) is 17.8 Å². The number of benzene rings is 1. The number of oxazole rings is 1. The van der Waals surface area contributed by atoms with Crippen molar-refractivity contribution in [1.29, 1.82) is 0 Å². The summed E-state index contributed by atoms with van der Waals surface area (Å²) in [7, 11) is 1.45. The van der Waals surface area contributed by atoms with Crippen molar-refractivity contribution in [3.05, 3.63) is 63.0 Å². The van der Waals surface area contributed by atoms with Crippen molar-refractivity contribution in [3.63, 3.8) is 0 Å². The minimum absolute atomic E-state index is 0.0208. The number of hydrogen-bond donors (Lipinski definition) is 1. The number of pyridine rings is 2. The van der Waals surface area contributed by atoms with E-state index < -0.39 is 41.3 Å². The molecule has 0 aliphatic carbocycles. The molecule has 1 aliphatic heterocycles. The number of hydrogen-bond acceptors (Lipinski definition) is 9. The number of nitrogens with zero attached hydrogens (tertiary/aromatic N) is 5. The van der Waals surface area contributed by atoms with E-state index in [1.807, 2.05) is 11.8 Å². The van der Waals surface area contributed by atoms with Crippen LogP contribution in [0, 0.1) is 0 Å². The number of carbonyl (C=O) groups is 2. The van der Waals surface area contributed by atoms with E-state index in [-0.39, 0.29) is 46.8 Å². The molecule has 0 radical (unpaired) electrons. The number of piperazine rings is 1. The molecule has 0 spiro atoms. The molecule has 1 N–H and O–H groups in total. The maximum Gasteiger partial charge on any atom is 0.416 e. The van der Waals surface area contributed by atoms with Gasteiger partial charge in [-0.15, -0.1) is 0 Å². The van der Waals surface area contributed by atoms with Crippen molar-refractivity contribution in [2.45, 2.75) is 52.4 Å². The number of ether oxygens (including phenoxy) is 2. The van der Waals surface area contributed by atoms with E-state index in [9.17, 15) is 27.6 Å². The van der Waals surface area contributed by atoms with Crippen LogP contribution >= 0.6 is 11.6 Å². The Bertz CT molecular complexity index is 1910. The lowest BCUT2D eigenvalue weighted by Crippen LogP contribution is -2.51. The van der Waals surface area contributed by atoms with Crippen LogP contribution in [0.15, 0.2) is 45.7 Å². The van der Waals surface area contributed by atoms with Gasteiger partial charge in [-0.25, -0.2) is 14.8 Å². The fourth-order valence-electron chi connectivity index (χ4n) is 5.33. The molecule has 0 atom stereocenters. The maximum atomic E-state index is 14.1. The van der Waals surface area contributed by atoms with Crippen LogP contribution in [-0.2, 0) is 28.7 Å². The van der Waals surface area contributed by atoms with Crippen LogP contribution in [0.2, 0.25) is 5.02 Å². The SMILES string of the molecule is CCc1c(N2CCN(C(=O)OC(C)(C)C)CC2)c(=O)c2nc(-c3ccnc(OC)c3)oc2n1CC(=O)Nc1ccc(C(F)(F)F)cc1Cl. The minimum Gasteiger partial charge on any atom is -0.481 e. The van der Waals surface area contributed by atoms with Gasteiger partial charge in [0.25, 0.3) is 0 Å². The second-order valence-corrected chi connectivity index (χ2v) is 12.4. The summed E-state index contributed by atoms with van der Waals surface area (Å²) >= 11 is 6.10. The third-order valence-corrected chi connectivity index (χ3v) is 7.84. The van der Waals surface area contributed by atoms with Gasteiger partial charge in [-0.05, 0) is 51.5 Å². The zero-order chi connectivity index (χ0) is 35.0. The van der Waals surface area contributed by atoms with Gasteiger partial charge in [-0.1, -0.05) is 18.5 Å². The van der Waals surface area contributed by atoms with E-state index in [1.165, 1.54) is 17.9 Å². The number of alkyl halides is 3. The van der Waals surface area contributed by atoms with Gasteiger partial charge in [-0.3, -0.25) is 9.59 Å². The molecule has 0 saturated carbocycles. The molecule has 48 heavy (non-hydrogen) atoms. The van der Waals surface area contributed by atoms with Gasteiger partial charge in [0.2, 0.25) is 28.8 Å². The lowest BCUT2D eigenvalue weighted by Gasteiger charge is -2.37. The summed E-state index contributed by atoms with van der Waals surface area (Å²) in [6, 6.07) is 5.82. The number of halogens is 4. The molecule has 1 aliphatic rings. The number of fused-ring (bicyclic) bond motifs is 1. The minimum atomic E-state index is -4.61. The van der Waals surface area contributed by atoms with Crippen LogP contribution in [0.3, 0.4) is 0 Å². The standard InChI is InChI=1S/C32H34ClF3N6O6/c1-6-22-26(40-11-13-41(14-12-40)30(45)48-31(2,3)4)27(44)25-29(47-28(39-25)18-9-10-37-24(15-18)46-5)42(22)17-23(43)38-21-8-7-19(16-20(21)33)32(34,35)36/h7-10,15-16H,6,11-14,17H2,1-5H3,(H,38,43). The Kier molecular flexibility index (Phi) is 9.62. The molecule has 1 fully saturated rings. The summed E-state index contributed by atoms with van der Waals surface area (Å²) in [5, 5.41) is 2.27. The zero-order valence-corrected chi connectivity index (χ0v) is 27.7. The Morgan fingerprint density at radius 3 is 2.40 bits per heavy atom. The molecular weight excluding hydrogens is 657 g/mol. The van der Waals surface area contributed by atoms with Crippen LogP contribution in [0.4, 0.5) is 29.3 Å². The van der Waals surface area contributed by atoms with Crippen molar-refractivity contribution in [3.8, 4) is 17.3 Å². The summed E-state index contributed by atoms with van der Waals surface area (Å²) in [6.45, 7) is 7.92. The molecule has 2 amide bonds. The largest absolute Gasteiger partial charge is 0.481 e. The van der Waals surface area contributed by atoms with Gasteiger partial charge >= 0.3 is 12.3 Å². The molecule has 0 bridgehead atoms. The first kappa shape index (κ1) is 34.5. The lowest BCUT2D eigenvalue weighted by molar-refractivity contribution is -0.137. The van der Waals surface area contributed by atoms with Crippen LogP contribution in [-0.4, -0.2) is 70.3 Å². The van der Waals surface area contributed by atoms with E-state index in [4.69, 9.17) is 25.5 Å². The number of aromatic nitrogens is 3. The Morgan fingerprint density at radius 2 is 1.79 bits per heavy atom. The Balaban J connectivity index is 1.55. The van der Waals surface area contributed by atoms with Crippen LogP contribution in [0.25, 0.3) is 22.7 Å². The van der Waals surface area contributed by atoms with Crippen LogP contribution in [0.5, 0.6) is 5.88 Å². The highest BCUT2D eigenvalue weighted by Crippen LogP contribution is 2.34. The van der Waals surface area contributed by atoms with Crippen molar-refractivity contribution < 1.29 is 36.7 Å². The first-order valence-electron chi connectivity index (χ1n) is 15.1. The first-order valence-corrected chi connectivity index (χ1v) is 15.4. The summed E-state index contributed by atoms with van der Waals surface area (Å²) in [4.78, 5) is 52.3. The van der Waals surface area contributed by atoms with E-state index >= 15 is 0 Å². The van der Waals surface area contributed by atoms with Crippen molar-refractivity contribution in [2.24, 2.45) is 0 Å². The first-order chi connectivity index (χ1) is 22.6. The third kappa shape index (κ3) is 7.35. The Labute approximate surface area is 278 Å². The predicted octanol–water partition coefficient (Wildman–Crippen LogP) is 5.99. The highest BCUT2D eigenvalue weighted by molar-refractivity contribution is 6.33. The van der Waals surface area contributed by atoms with Gasteiger partial charge < -0.3 is 33.6 Å². The van der Waals surface area contributed by atoms with E-state index in [1.54, 1.807) is 37.8 Å². The summed E-state index contributed by atoms with van der Waals surface area (Å²) in [5.74, 6) is -0.271. The molecule has 16 heteroatoms. The summed E-state index contributed by atoms with van der Waals surface area (Å²) in [6.07, 6.45) is -3.29. The van der Waals surface area contributed by atoms with Gasteiger partial charge in [0.15, 0.2) is 5.52 Å². The molecule has 0 unspecified atom stereocenters. The smallest absolute Gasteiger partial charge is 0.416 e. The maximum absolute atomic E-state index is 14.1. The zero-order valence-electron chi connectivity index (χ0n) is 26.9. The number of carbonyl (C=O) groups excluding carboxylic acids is 2. The van der Waals surface area contributed by atoms with Crippen LogP contribution in [0.1, 0.15) is 39.0 Å². The normalized spacial score (nSPS) is 13.9. The fraction of sp³-hybridized carbons (Fsp3) is 0.406. The van der Waals surface area contributed by atoms with Crippen molar-refractivity contribution >= 4 is 46.2 Å². The van der Waals surface area contributed by atoms with E-state index in [0.29, 0.717) is 36.5 Å².